The summed E-state index contributed by atoms with van der Waals surface area (Å²) in [4.78, 5) is 0. The van der Waals surface area contributed by atoms with Gasteiger partial charge in [-0.25, -0.2) is 0 Å². The molecule has 2 aliphatic carbocycles. The van der Waals surface area contributed by atoms with Crippen LogP contribution in [0.3, 0.4) is 0 Å². The highest BCUT2D eigenvalue weighted by Gasteiger charge is 2.48. The first-order chi connectivity index (χ1) is 14.6. The maximum Gasteiger partial charge on any atom is 0.0120 e. The molecule has 164 valence electrons. The summed E-state index contributed by atoms with van der Waals surface area (Å²) in [5, 5.41) is 0. The van der Waals surface area contributed by atoms with Crippen LogP contribution < -0.4 is 0 Å². The van der Waals surface area contributed by atoms with Gasteiger partial charge in [0.2, 0.25) is 0 Å². The van der Waals surface area contributed by atoms with Gasteiger partial charge in [0.05, 0.1) is 0 Å². The standard InChI is InChI=1S/C31H40/c1-19(2)17-27-21(5)23-13-9-11-15-25(23)29(27)31(7,8)30-26-16-12-10-14-24(26)22(6)28(30)18-20(3)4/h9-16,19-20,29-30H,17-18H2,1-8H3. The normalized spacial score (nSPS) is 20.8. The zero-order valence-corrected chi connectivity index (χ0v) is 20.8. The zero-order chi connectivity index (χ0) is 22.5. The molecule has 2 aromatic carbocycles. The van der Waals surface area contributed by atoms with Gasteiger partial charge in [0.1, 0.15) is 0 Å². The lowest BCUT2D eigenvalue weighted by molar-refractivity contribution is 0.263. The number of benzene rings is 2. The van der Waals surface area contributed by atoms with E-state index in [1.165, 1.54) is 35.1 Å². The van der Waals surface area contributed by atoms with Gasteiger partial charge in [0, 0.05) is 11.8 Å². The SMILES string of the molecule is CC1=C(CC(C)C)C(C(C)(C)C2C(CC(C)C)=C(C)c3ccccc32)c2ccccc21. The highest BCUT2D eigenvalue weighted by atomic mass is 14.5. The van der Waals surface area contributed by atoms with Crippen LogP contribution in [0, 0.1) is 17.3 Å². The molecule has 31 heavy (non-hydrogen) atoms. The minimum Gasteiger partial charge on any atom is -0.0625 e. The Morgan fingerprint density at radius 3 is 1.35 bits per heavy atom. The second-order valence-electron chi connectivity index (χ2n) is 11.4. The van der Waals surface area contributed by atoms with Crippen LogP contribution in [0.5, 0.6) is 0 Å². The Balaban J connectivity index is 1.90. The van der Waals surface area contributed by atoms with Crippen molar-refractivity contribution in [2.45, 2.75) is 80.1 Å². The van der Waals surface area contributed by atoms with E-state index >= 15 is 0 Å². The molecule has 0 bridgehead atoms. The molecule has 2 aliphatic rings. The average Bonchev–Trinajstić information content (AvgIpc) is 3.14. The second kappa shape index (κ2) is 8.12. The molecule has 2 atom stereocenters. The van der Waals surface area contributed by atoms with E-state index in [0.717, 1.165) is 0 Å². The predicted octanol–water partition coefficient (Wildman–Crippen LogP) is 9.25. The first-order valence-corrected chi connectivity index (χ1v) is 12.2. The fraction of sp³-hybridized carbons (Fsp3) is 0.484. The molecule has 0 saturated carbocycles. The van der Waals surface area contributed by atoms with E-state index in [9.17, 15) is 0 Å². The van der Waals surface area contributed by atoms with Gasteiger partial charge < -0.3 is 0 Å². The lowest BCUT2D eigenvalue weighted by Gasteiger charge is -2.42. The Bertz CT molecular complexity index is 958. The zero-order valence-electron chi connectivity index (χ0n) is 20.8. The van der Waals surface area contributed by atoms with Crippen molar-refractivity contribution in [3.05, 3.63) is 81.9 Å². The molecule has 0 nitrogen and oxygen atoms in total. The van der Waals surface area contributed by atoms with Gasteiger partial charge in [-0.05, 0) is 77.3 Å². The van der Waals surface area contributed by atoms with Gasteiger partial charge in [-0.15, -0.1) is 0 Å². The van der Waals surface area contributed by atoms with Crippen LogP contribution in [0.15, 0.2) is 59.7 Å². The highest BCUT2D eigenvalue weighted by Crippen LogP contribution is 2.62. The summed E-state index contributed by atoms with van der Waals surface area (Å²) >= 11 is 0. The lowest BCUT2D eigenvalue weighted by atomic mass is 9.61. The van der Waals surface area contributed by atoms with Crippen molar-refractivity contribution < 1.29 is 0 Å². The van der Waals surface area contributed by atoms with Crippen molar-refractivity contribution in [3.63, 3.8) is 0 Å². The number of hydrogen-bond donors (Lipinski definition) is 0. The molecule has 0 heteroatoms. The molecule has 2 aromatic rings. The molecule has 0 aliphatic heterocycles. The Morgan fingerprint density at radius 2 is 1.00 bits per heavy atom. The molecule has 0 heterocycles. The van der Waals surface area contributed by atoms with Gasteiger partial charge in [0.15, 0.2) is 0 Å². The predicted molar refractivity (Wildman–Crippen MR) is 136 cm³/mol. The maximum atomic E-state index is 2.55. The summed E-state index contributed by atoms with van der Waals surface area (Å²) in [6.45, 7) is 19.3. The van der Waals surface area contributed by atoms with E-state index in [4.69, 9.17) is 0 Å². The van der Waals surface area contributed by atoms with Gasteiger partial charge in [-0.3, -0.25) is 0 Å². The summed E-state index contributed by atoms with van der Waals surface area (Å²) in [6, 6.07) is 18.4. The highest BCUT2D eigenvalue weighted by molar-refractivity contribution is 5.80. The number of fused-ring (bicyclic) bond motifs is 2. The van der Waals surface area contributed by atoms with Crippen molar-refractivity contribution in [3.8, 4) is 0 Å². The van der Waals surface area contributed by atoms with Crippen LogP contribution in [0.2, 0.25) is 0 Å². The molecule has 0 fully saturated rings. The molecule has 0 aromatic heterocycles. The minimum absolute atomic E-state index is 0.107. The third-order valence-corrected chi connectivity index (χ3v) is 7.76. The first kappa shape index (κ1) is 22.1. The Hall–Kier alpha value is -2.08. The van der Waals surface area contributed by atoms with Crippen LogP contribution in [0.25, 0.3) is 11.1 Å². The van der Waals surface area contributed by atoms with Gasteiger partial charge in [-0.1, -0.05) is 101 Å². The van der Waals surface area contributed by atoms with Gasteiger partial charge in [0.25, 0.3) is 0 Å². The van der Waals surface area contributed by atoms with Gasteiger partial charge in [-0.2, -0.15) is 0 Å². The van der Waals surface area contributed by atoms with E-state index in [-0.39, 0.29) is 5.41 Å². The Morgan fingerprint density at radius 1 is 0.645 bits per heavy atom. The van der Waals surface area contributed by atoms with Crippen LogP contribution >= 0.6 is 0 Å². The molecular weight excluding hydrogens is 372 g/mol. The van der Waals surface area contributed by atoms with Crippen LogP contribution in [0.4, 0.5) is 0 Å². The topological polar surface area (TPSA) is 0 Å². The van der Waals surface area contributed by atoms with Crippen LogP contribution in [-0.2, 0) is 0 Å². The largest absolute Gasteiger partial charge is 0.0625 e. The van der Waals surface area contributed by atoms with E-state index in [1.807, 2.05) is 0 Å². The Labute approximate surface area is 190 Å². The molecule has 0 saturated heterocycles. The number of rotatable bonds is 6. The summed E-state index contributed by atoms with van der Waals surface area (Å²) < 4.78 is 0. The monoisotopic (exact) mass is 412 g/mol. The Kier molecular flexibility index (Phi) is 5.80. The van der Waals surface area contributed by atoms with Crippen molar-refractivity contribution in [2.24, 2.45) is 17.3 Å². The van der Waals surface area contributed by atoms with Crippen molar-refractivity contribution in [2.75, 3.05) is 0 Å². The number of hydrogen-bond acceptors (Lipinski definition) is 0. The minimum atomic E-state index is 0.107. The lowest BCUT2D eigenvalue weighted by Crippen LogP contribution is -2.31. The van der Waals surface area contributed by atoms with Crippen LogP contribution in [-0.4, -0.2) is 0 Å². The summed E-state index contributed by atoms with van der Waals surface area (Å²) in [5.41, 5.74) is 12.6. The van der Waals surface area contributed by atoms with Crippen molar-refractivity contribution in [1.82, 2.24) is 0 Å². The molecule has 0 N–H and O–H groups in total. The van der Waals surface area contributed by atoms with Gasteiger partial charge >= 0.3 is 0 Å². The van der Waals surface area contributed by atoms with Crippen molar-refractivity contribution in [1.29, 1.82) is 0 Å². The molecule has 4 rings (SSSR count). The summed E-state index contributed by atoms with van der Waals surface area (Å²) in [6.07, 6.45) is 2.37. The second-order valence-corrected chi connectivity index (χ2v) is 11.4. The molecule has 0 radical (unpaired) electrons. The fourth-order valence-corrected chi connectivity index (χ4v) is 6.62. The molecule has 0 amide bonds. The van der Waals surface area contributed by atoms with E-state index < -0.39 is 0 Å². The fourth-order valence-electron chi connectivity index (χ4n) is 6.62. The third-order valence-electron chi connectivity index (χ3n) is 7.76. The summed E-state index contributed by atoms with van der Waals surface area (Å²) in [7, 11) is 0. The number of allylic oxidation sites excluding steroid dienone is 4. The third kappa shape index (κ3) is 3.63. The molecule has 2 unspecified atom stereocenters. The molecule has 0 spiro atoms. The smallest absolute Gasteiger partial charge is 0.0120 e. The van der Waals surface area contributed by atoms with E-state index in [1.54, 1.807) is 22.3 Å². The van der Waals surface area contributed by atoms with E-state index in [2.05, 4.69) is 104 Å². The first-order valence-electron chi connectivity index (χ1n) is 12.2. The quantitative estimate of drug-likeness (QED) is 0.443. The van der Waals surface area contributed by atoms with E-state index in [0.29, 0.717) is 23.7 Å². The van der Waals surface area contributed by atoms with Crippen molar-refractivity contribution >= 4 is 11.1 Å². The molecular formula is C31H40. The summed E-state index contributed by atoms with van der Waals surface area (Å²) in [5.74, 6) is 2.27. The maximum absolute atomic E-state index is 2.55. The average molecular weight is 413 g/mol. The van der Waals surface area contributed by atoms with Crippen LogP contribution in [0.1, 0.15) is 102 Å².